The van der Waals surface area contributed by atoms with Crippen molar-refractivity contribution in [3.05, 3.63) is 58.6 Å². The van der Waals surface area contributed by atoms with Crippen LogP contribution >= 0.6 is 11.6 Å². The molecule has 0 fully saturated rings. The minimum Gasteiger partial charge on any atom is -0.334 e. The number of imidazole rings is 1. The monoisotopic (exact) mass is 358 g/mol. The number of carbonyl (C=O) groups is 1. The van der Waals surface area contributed by atoms with Crippen molar-refractivity contribution in [1.29, 1.82) is 0 Å². The second-order valence-electron chi connectivity index (χ2n) is 6.13. The molecular formula is C18H16ClFN4O. The molecule has 0 aliphatic carbocycles. The lowest BCUT2D eigenvalue weighted by atomic mass is 9.94. The number of halogens is 2. The van der Waals surface area contributed by atoms with Crippen LogP contribution in [0.1, 0.15) is 34.8 Å². The van der Waals surface area contributed by atoms with Crippen LogP contribution in [0.5, 0.6) is 0 Å². The molecule has 3 aromatic rings. The fourth-order valence-corrected chi connectivity index (χ4v) is 3.64. The van der Waals surface area contributed by atoms with E-state index in [9.17, 15) is 9.18 Å². The number of hydrogen-bond acceptors (Lipinski definition) is 3. The number of aromatic amines is 1. The van der Waals surface area contributed by atoms with Crippen LogP contribution in [0.4, 0.5) is 4.39 Å². The number of rotatable bonds is 2. The van der Waals surface area contributed by atoms with E-state index in [4.69, 9.17) is 11.6 Å². The third-order valence-corrected chi connectivity index (χ3v) is 4.84. The number of hydrogen-bond donors (Lipinski definition) is 1. The number of nitrogens with one attached hydrogen (secondary N) is 1. The number of alkyl halides is 1. The second kappa shape index (κ2) is 6.11. The van der Waals surface area contributed by atoms with Crippen LogP contribution in [0.2, 0.25) is 5.02 Å². The third kappa shape index (κ3) is 2.66. The van der Waals surface area contributed by atoms with Crippen LogP contribution in [0.15, 0.2) is 36.5 Å². The topological polar surface area (TPSA) is 61.9 Å². The van der Waals surface area contributed by atoms with Crippen LogP contribution in [-0.2, 0) is 6.42 Å². The van der Waals surface area contributed by atoms with Gasteiger partial charge in [0.2, 0.25) is 0 Å². The molecule has 1 amide bonds. The van der Waals surface area contributed by atoms with Gasteiger partial charge in [0.05, 0.1) is 16.6 Å². The minimum absolute atomic E-state index is 0.168. The van der Waals surface area contributed by atoms with Gasteiger partial charge < -0.3 is 9.88 Å². The summed E-state index contributed by atoms with van der Waals surface area (Å²) >= 11 is 6.13. The smallest absolute Gasteiger partial charge is 0.290 e. The number of carbonyl (C=O) groups excluding carboxylic acids is 1. The first kappa shape index (κ1) is 16.0. The van der Waals surface area contributed by atoms with Gasteiger partial charge in [0.25, 0.3) is 5.91 Å². The zero-order chi connectivity index (χ0) is 17.6. The number of para-hydroxylation sites is 1. The molecule has 0 radical (unpaired) electrons. The number of aromatic nitrogens is 3. The molecule has 3 heterocycles. The van der Waals surface area contributed by atoms with Crippen molar-refractivity contribution >= 4 is 28.5 Å². The number of benzene rings is 1. The van der Waals surface area contributed by atoms with Gasteiger partial charge in [-0.25, -0.2) is 9.37 Å². The summed E-state index contributed by atoms with van der Waals surface area (Å²) in [6.45, 7) is 1.86. The van der Waals surface area contributed by atoms with Crippen LogP contribution in [0.3, 0.4) is 0 Å². The maximum absolute atomic E-state index is 14.4. The average molecular weight is 359 g/mol. The maximum atomic E-state index is 14.4. The SMILES string of the molecule is CC(F)[C@@H]1c2cccnc2CCN1C(=O)c1nc2c(Cl)cccc2[nH]1. The Kier molecular flexibility index (Phi) is 3.92. The Hall–Kier alpha value is -2.47. The van der Waals surface area contributed by atoms with Crippen molar-refractivity contribution in [1.82, 2.24) is 19.9 Å². The van der Waals surface area contributed by atoms with Crippen molar-refractivity contribution in [2.75, 3.05) is 6.54 Å². The number of nitrogens with zero attached hydrogens (tertiary/aromatic N) is 3. The highest BCUT2D eigenvalue weighted by Crippen LogP contribution is 2.33. The summed E-state index contributed by atoms with van der Waals surface area (Å²) in [7, 11) is 0. The lowest BCUT2D eigenvalue weighted by Gasteiger charge is -2.37. The minimum atomic E-state index is -1.22. The molecule has 0 saturated heterocycles. The summed E-state index contributed by atoms with van der Waals surface area (Å²) in [5.41, 5.74) is 2.82. The average Bonchev–Trinajstić information content (AvgIpc) is 3.05. The van der Waals surface area contributed by atoms with Gasteiger partial charge in [0, 0.05) is 24.9 Å². The molecule has 2 atom stereocenters. The predicted octanol–water partition coefficient (Wildman–Crippen LogP) is 3.71. The second-order valence-corrected chi connectivity index (χ2v) is 6.54. The Balaban J connectivity index is 1.74. The van der Waals surface area contributed by atoms with Crippen molar-refractivity contribution in [3.8, 4) is 0 Å². The molecule has 1 aliphatic heterocycles. The van der Waals surface area contributed by atoms with Crippen molar-refractivity contribution < 1.29 is 9.18 Å². The van der Waals surface area contributed by atoms with Crippen LogP contribution < -0.4 is 0 Å². The molecule has 1 unspecified atom stereocenters. The summed E-state index contributed by atoms with van der Waals surface area (Å²) in [6, 6.07) is 8.23. The highest BCUT2D eigenvalue weighted by molar-refractivity contribution is 6.35. The molecular weight excluding hydrogens is 343 g/mol. The van der Waals surface area contributed by atoms with Crippen molar-refractivity contribution in [2.45, 2.75) is 25.6 Å². The molecule has 1 aliphatic rings. The first-order valence-corrected chi connectivity index (χ1v) is 8.47. The summed E-state index contributed by atoms with van der Waals surface area (Å²) in [5.74, 6) is -0.169. The molecule has 7 heteroatoms. The van der Waals surface area contributed by atoms with E-state index in [1.807, 2.05) is 6.07 Å². The van der Waals surface area contributed by atoms with E-state index in [1.54, 1.807) is 30.5 Å². The highest BCUT2D eigenvalue weighted by atomic mass is 35.5. The maximum Gasteiger partial charge on any atom is 0.290 e. The first-order valence-electron chi connectivity index (χ1n) is 8.09. The molecule has 1 N–H and O–H groups in total. The van der Waals surface area contributed by atoms with Crippen molar-refractivity contribution in [2.24, 2.45) is 0 Å². The molecule has 2 aromatic heterocycles. The lowest BCUT2D eigenvalue weighted by molar-refractivity contribution is 0.0534. The van der Waals surface area contributed by atoms with Gasteiger partial charge >= 0.3 is 0 Å². The van der Waals surface area contributed by atoms with E-state index in [0.29, 0.717) is 29.0 Å². The van der Waals surface area contributed by atoms with Crippen LogP contribution in [-0.4, -0.2) is 38.5 Å². The zero-order valence-corrected chi connectivity index (χ0v) is 14.3. The normalized spacial score (nSPS) is 18.2. The molecule has 0 spiro atoms. The Bertz CT molecular complexity index is 955. The van der Waals surface area contributed by atoms with E-state index < -0.39 is 12.2 Å². The van der Waals surface area contributed by atoms with Crippen LogP contribution in [0, 0.1) is 0 Å². The highest BCUT2D eigenvalue weighted by Gasteiger charge is 2.36. The van der Waals surface area contributed by atoms with E-state index in [1.165, 1.54) is 11.8 Å². The zero-order valence-electron chi connectivity index (χ0n) is 13.5. The largest absolute Gasteiger partial charge is 0.334 e. The molecule has 0 saturated carbocycles. The van der Waals surface area contributed by atoms with Crippen molar-refractivity contribution in [3.63, 3.8) is 0 Å². The van der Waals surface area contributed by atoms with E-state index in [0.717, 1.165) is 11.3 Å². The van der Waals surface area contributed by atoms with E-state index >= 15 is 0 Å². The standard InChI is InChI=1S/C18H16ClFN4O/c1-10(20)16-11-4-3-8-21-13(11)7-9-24(16)18(25)17-22-14-6-2-5-12(19)15(14)23-17/h2-6,8,10,16H,7,9H2,1H3,(H,22,23)/t10?,16-/m1/s1. The number of fused-ring (bicyclic) bond motifs is 2. The fraction of sp³-hybridized carbons (Fsp3) is 0.278. The van der Waals surface area contributed by atoms with Gasteiger partial charge in [-0.15, -0.1) is 0 Å². The first-order chi connectivity index (χ1) is 12.1. The molecule has 128 valence electrons. The van der Waals surface area contributed by atoms with Gasteiger partial charge in [0.1, 0.15) is 11.7 Å². The summed E-state index contributed by atoms with van der Waals surface area (Å²) < 4.78 is 14.4. The van der Waals surface area contributed by atoms with Gasteiger partial charge in [-0.3, -0.25) is 9.78 Å². The Morgan fingerprint density at radius 2 is 2.24 bits per heavy atom. The summed E-state index contributed by atoms with van der Waals surface area (Å²) in [5, 5.41) is 0.469. The lowest BCUT2D eigenvalue weighted by Crippen LogP contribution is -2.44. The van der Waals surface area contributed by atoms with Gasteiger partial charge in [-0.05, 0) is 30.7 Å². The Morgan fingerprint density at radius 3 is 3.00 bits per heavy atom. The number of H-pyrrole nitrogens is 1. The molecule has 4 rings (SSSR count). The summed E-state index contributed by atoms with van der Waals surface area (Å²) in [6.07, 6.45) is 1.06. The Morgan fingerprint density at radius 1 is 1.40 bits per heavy atom. The third-order valence-electron chi connectivity index (χ3n) is 4.53. The quantitative estimate of drug-likeness (QED) is 0.759. The molecule has 5 nitrogen and oxygen atoms in total. The van der Waals surface area contributed by atoms with Crippen LogP contribution in [0.25, 0.3) is 11.0 Å². The summed E-state index contributed by atoms with van der Waals surface area (Å²) in [4.78, 5) is 26.2. The molecule has 0 bridgehead atoms. The molecule has 25 heavy (non-hydrogen) atoms. The van der Waals surface area contributed by atoms with Gasteiger partial charge in [0.15, 0.2) is 5.82 Å². The van der Waals surface area contributed by atoms with E-state index in [-0.39, 0.29) is 11.7 Å². The van der Waals surface area contributed by atoms with Gasteiger partial charge in [-0.2, -0.15) is 0 Å². The predicted molar refractivity (Wildman–Crippen MR) is 93.4 cm³/mol. The Labute approximate surface area is 148 Å². The van der Waals surface area contributed by atoms with E-state index in [2.05, 4.69) is 15.0 Å². The molecule has 1 aromatic carbocycles. The van der Waals surface area contributed by atoms with Gasteiger partial charge in [-0.1, -0.05) is 23.7 Å². The number of pyridine rings is 1. The fourth-order valence-electron chi connectivity index (χ4n) is 3.42. The number of amides is 1.